The van der Waals surface area contributed by atoms with Crippen molar-refractivity contribution in [3.05, 3.63) is 65.4 Å². The van der Waals surface area contributed by atoms with E-state index < -0.39 is 26.7 Å². The summed E-state index contributed by atoms with van der Waals surface area (Å²) < 4.78 is 67.8. The molecule has 0 atom stereocenters. The number of piperazine rings is 1. The average Bonchev–Trinajstić information content (AvgIpc) is 3.28. The smallest absolute Gasteiger partial charge is 0.352 e. The number of anilines is 1. The number of nitrogens with zero attached hydrogens (tertiary/aromatic N) is 7. The highest BCUT2D eigenvalue weighted by atomic mass is 35.5. The van der Waals surface area contributed by atoms with Gasteiger partial charge < -0.3 is 4.90 Å². The van der Waals surface area contributed by atoms with E-state index in [1.165, 1.54) is 16.7 Å². The molecular weight excluding hydrogens is 507 g/mol. The molecule has 2 aromatic heterocycles. The van der Waals surface area contributed by atoms with Crippen LogP contribution in [0.1, 0.15) is 5.56 Å². The SMILES string of the molecule is O=S(=O)(c1cccc(C(F)(F)F)c1)N1CCN(c2ncnc3c2nnn3-c2ccc(Cl)cc2)CC1. The molecule has 14 heteroatoms. The van der Waals surface area contributed by atoms with Gasteiger partial charge in [0.2, 0.25) is 10.0 Å². The van der Waals surface area contributed by atoms with Crippen molar-refractivity contribution in [3.63, 3.8) is 0 Å². The number of aromatic nitrogens is 5. The molecule has 182 valence electrons. The molecule has 3 heterocycles. The van der Waals surface area contributed by atoms with Crippen molar-refractivity contribution in [2.75, 3.05) is 31.1 Å². The summed E-state index contributed by atoms with van der Waals surface area (Å²) >= 11 is 5.95. The van der Waals surface area contributed by atoms with E-state index in [4.69, 9.17) is 11.6 Å². The number of rotatable bonds is 4. The molecule has 4 aromatic rings. The Morgan fingerprint density at radius 3 is 2.34 bits per heavy atom. The zero-order valence-electron chi connectivity index (χ0n) is 17.9. The van der Waals surface area contributed by atoms with Crippen LogP contribution >= 0.6 is 11.6 Å². The van der Waals surface area contributed by atoms with Crippen molar-refractivity contribution in [2.45, 2.75) is 11.1 Å². The lowest BCUT2D eigenvalue weighted by atomic mass is 10.2. The predicted octanol–water partition coefficient (Wildman–Crippen LogP) is 3.39. The second-order valence-corrected chi connectivity index (χ2v) is 10.1. The van der Waals surface area contributed by atoms with E-state index in [0.717, 1.165) is 12.1 Å². The van der Waals surface area contributed by atoms with Gasteiger partial charge in [0.15, 0.2) is 17.0 Å². The minimum atomic E-state index is -4.63. The van der Waals surface area contributed by atoms with Crippen LogP contribution in [-0.2, 0) is 16.2 Å². The fraction of sp³-hybridized carbons (Fsp3) is 0.238. The molecule has 0 radical (unpaired) electrons. The normalized spacial score (nSPS) is 15.6. The third kappa shape index (κ3) is 4.42. The number of sulfonamides is 1. The van der Waals surface area contributed by atoms with Gasteiger partial charge in [-0.25, -0.2) is 18.4 Å². The summed E-state index contributed by atoms with van der Waals surface area (Å²) in [6, 6.07) is 10.7. The van der Waals surface area contributed by atoms with Gasteiger partial charge in [0.1, 0.15) is 6.33 Å². The van der Waals surface area contributed by atoms with Gasteiger partial charge in [-0.1, -0.05) is 22.9 Å². The Balaban J connectivity index is 1.37. The van der Waals surface area contributed by atoms with Crippen molar-refractivity contribution < 1.29 is 21.6 Å². The van der Waals surface area contributed by atoms with Crippen LogP contribution in [0.5, 0.6) is 0 Å². The lowest BCUT2D eigenvalue weighted by Gasteiger charge is -2.34. The summed E-state index contributed by atoms with van der Waals surface area (Å²) in [7, 11) is -4.10. The Labute approximate surface area is 202 Å². The van der Waals surface area contributed by atoms with E-state index in [9.17, 15) is 21.6 Å². The van der Waals surface area contributed by atoms with Crippen molar-refractivity contribution in [2.24, 2.45) is 0 Å². The summed E-state index contributed by atoms with van der Waals surface area (Å²) in [5.74, 6) is 0.492. The molecule has 1 aliphatic heterocycles. The first kappa shape index (κ1) is 23.5. The zero-order chi connectivity index (χ0) is 24.8. The topological polar surface area (TPSA) is 97.1 Å². The summed E-state index contributed by atoms with van der Waals surface area (Å²) in [4.78, 5) is 10.1. The molecule has 1 saturated heterocycles. The van der Waals surface area contributed by atoms with Gasteiger partial charge in [-0.05, 0) is 42.5 Å². The first-order valence-electron chi connectivity index (χ1n) is 10.4. The average molecular weight is 524 g/mol. The molecule has 35 heavy (non-hydrogen) atoms. The quantitative estimate of drug-likeness (QED) is 0.404. The van der Waals surface area contributed by atoms with E-state index in [1.807, 2.05) is 4.90 Å². The van der Waals surface area contributed by atoms with Crippen LogP contribution in [0.3, 0.4) is 0 Å². The number of hydrogen-bond acceptors (Lipinski definition) is 7. The Morgan fingerprint density at radius 2 is 1.66 bits per heavy atom. The summed E-state index contributed by atoms with van der Waals surface area (Å²) in [6.07, 6.45) is -3.26. The van der Waals surface area contributed by atoms with Gasteiger partial charge in [0, 0.05) is 31.2 Å². The number of halogens is 4. The molecule has 0 unspecified atom stereocenters. The monoisotopic (exact) mass is 523 g/mol. The molecule has 9 nitrogen and oxygen atoms in total. The van der Waals surface area contributed by atoms with Gasteiger partial charge >= 0.3 is 6.18 Å². The Bertz CT molecular complexity index is 1490. The van der Waals surface area contributed by atoms with Crippen LogP contribution in [0.2, 0.25) is 5.02 Å². The standard InChI is InChI=1S/C21H17ClF3N7O2S/c22-15-4-6-16(7-5-15)32-20-18(28-29-32)19(26-13-27-20)30-8-10-31(11-9-30)35(33,34)17-3-1-2-14(12-17)21(23,24)25/h1-7,12-13H,8-11H2. The molecule has 0 saturated carbocycles. The van der Waals surface area contributed by atoms with Crippen molar-refractivity contribution in [1.82, 2.24) is 29.3 Å². The molecule has 2 aromatic carbocycles. The van der Waals surface area contributed by atoms with E-state index in [2.05, 4.69) is 20.3 Å². The van der Waals surface area contributed by atoms with Crippen LogP contribution in [-0.4, -0.2) is 63.9 Å². The lowest BCUT2D eigenvalue weighted by Crippen LogP contribution is -2.49. The summed E-state index contributed by atoms with van der Waals surface area (Å²) in [5.41, 5.74) is 0.607. The highest BCUT2D eigenvalue weighted by molar-refractivity contribution is 7.89. The lowest BCUT2D eigenvalue weighted by molar-refractivity contribution is -0.137. The highest BCUT2D eigenvalue weighted by Gasteiger charge is 2.34. The van der Waals surface area contributed by atoms with Gasteiger partial charge in [-0.2, -0.15) is 22.2 Å². The van der Waals surface area contributed by atoms with Crippen LogP contribution in [0, 0.1) is 0 Å². The Morgan fingerprint density at radius 1 is 0.943 bits per heavy atom. The first-order chi connectivity index (χ1) is 16.6. The van der Waals surface area contributed by atoms with Gasteiger partial charge in [0.05, 0.1) is 16.1 Å². The Hall–Kier alpha value is -3.29. The zero-order valence-corrected chi connectivity index (χ0v) is 19.5. The highest BCUT2D eigenvalue weighted by Crippen LogP contribution is 2.32. The van der Waals surface area contributed by atoms with Crippen LogP contribution < -0.4 is 4.90 Å². The number of fused-ring (bicyclic) bond motifs is 1. The maximum Gasteiger partial charge on any atom is 0.416 e. The second kappa shape index (κ2) is 8.73. The largest absolute Gasteiger partial charge is 0.416 e. The minimum Gasteiger partial charge on any atom is -0.352 e. The predicted molar refractivity (Wildman–Crippen MR) is 122 cm³/mol. The van der Waals surface area contributed by atoms with Crippen LogP contribution in [0.25, 0.3) is 16.9 Å². The van der Waals surface area contributed by atoms with Gasteiger partial charge in [0.25, 0.3) is 0 Å². The molecule has 0 bridgehead atoms. The van der Waals surface area contributed by atoms with Crippen molar-refractivity contribution in [1.29, 1.82) is 0 Å². The fourth-order valence-corrected chi connectivity index (χ4v) is 5.44. The third-order valence-electron chi connectivity index (χ3n) is 5.63. The molecule has 0 aliphatic carbocycles. The maximum atomic E-state index is 13.0. The van der Waals surface area contributed by atoms with Crippen LogP contribution in [0.4, 0.5) is 19.0 Å². The van der Waals surface area contributed by atoms with E-state index in [-0.39, 0.29) is 26.2 Å². The molecule has 0 spiro atoms. The summed E-state index contributed by atoms with van der Waals surface area (Å²) in [6.45, 7) is 0.654. The first-order valence-corrected chi connectivity index (χ1v) is 12.2. The van der Waals surface area contributed by atoms with Crippen molar-refractivity contribution in [3.8, 4) is 5.69 Å². The van der Waals surface area contributed by atoms with E-state index >= 15 is 0 Å². The molecule has 1 aliphatic rings. The Kier molecular flexibility index (Phi) is 5.85. The van der Waals surface area contributed by atoms with Gasteiger partial charge in [-0.15, -0.1) is 5.10 Å². The van der Waals surface area contributed by atoms with Crippen LogP contribution in [0.15, 0.2) is 59.8 Å². The molecule has 0 N–H and O–H groups in total. The number of hydrogen-bond donors (Lipinski definition) is 0. The number of alkyl halides is 3. The van der Waals surface area contributed by atoms with E-state index in [0.29, 0.717) is 33.8 Å². The molecule has 0 amide bonds. The molecule has 1 fully saturated rings. The van der Waals surface area contributed by atoms with Gasteiger partial charge in [-0.3, -0.25) is 0 Å². The fourth-order valence-electron chi connectivity index (χ4n) is 3.85. The minimum absolute atomic E-state index is 0.0649. The maximum absolute atomic E-state index is 13.0. The second-order valence-electron chi connectivity index (χ2n) is 7.76. The molecule has 5 rings (SSSR count). The molecular formula is C21H17ClF3N7O2S. The van der Waals surface area contributed by atoms with Crippen molar-refractivity contribution >= 4 is 38.6 Å². The van der Waals surface area contributed by atoms with E-state index in [1.54, 1.807) is 28.9 Å². The summed E-state index contributed by atoms with van der Waals surface area (Å²) in [5, 5.41) is 8.96. The third-order valence-corrected chi connectivity index (χ3v) is 7.77. The number of benzene rings is 2.